The van der Waals surface area contributed by atoms with Crippen molar-refractivity contribution in [3.8, 4) is 0 Å². The summed E-state index contributed by atoms with van der Waals surface area (Å²) in [6.45, 7) is 3.03. The van der Waals surface area contributed by atoms with E-state index in [0.717, 1.165) is 18.7 Å². The zero-order valence-electron chi connectivity index (χ0n) is 8.27. The molecule has 1 saturated heterocycles. The number of thioether (sulfide) groups is 1. The number of anilines is 1. The van der Waals surface area contributed by atoms with E-state index < -0.39 is 0 Å². The molecule has 2 N–H and O–H groups in total. The second kappa shape index (κ2) is 4.24. The van der Waals surface area contributed by atoms with E-state index in [9.17, 15) is 0 Å². The van der Waals surface area contributed by atoms with Crippen LogP contribution >= 0.6 is 11.8 Å². The first-order valence-electron chi connectivity index (χ1n) is 4.89. The molecule has 2 rings (SSSR count). The van der Waals surface area contributed by atoms with E-state index in [1.165, 1.54) is 4.90 Å². The van der Waals surface area contributed by atoms with Gasteiger partial charge < -0.3 is 10.5 Å². The monoisotopic (exact) mass is 209 g/mol. The summed E-state index contributed by atoms with van der Waals surface area (Å²) in [4.78, 5) is 1.24. The standard InChI is InChI=1S/C11H15NOS/c1-8-11(5-6-13-8)14-10-4-2-3-9(12)7-10/h2-4,7-8,11H,5-6,12H2,1H3. The maximum atomic E-state index is 5.72. The molecular formula is C11H15NOS. The van der Waals surface area contributed by atoms with Gasteiger partial charge in [0.25, 0.3) is 0 Å². The second-order valence-corrected chi connectivity index (χ2v) is 4.91. The van der Waals surface area contributed by atoms with E-state index in [-0.39, 0.29) is 0 Å². The number of hydrogen-bond donors (Lipinski definition) is 1. The summed E-state index contributed by atoms with van der Waals surface area (Å²) in [6.07, 6.45) is 1.50. The first-order chi connectivity index (χ1) is 6.75. The molecule has 0 spiro atoms. The van der Waals surface area contributed by atoms with Gasteiger partial charge in [-0.25, -0.2) is 0 Å². The number of benzene rings is 1. The quantitative estimate of drug-likeness (QED) is 0.760. The molecule has 0 amide bonds. The van der Waals surface area contributed by atoms with Gasteiger partial charge in [0, 0.05) is 22.4 Å². The van der Waals surface area contributed by atoms with Crippen LogP contribution in [0.3, 0.4) is 0 Å². The van der Waals surface area contributed by atoms with Gasteiger partial charge in [-0.05, 0) is 31.5 Å². The summed E-state index contributed by atoms with van der Waals surface area (Å²) in [5.41, 5.74) is 6.56. The van der Waals surface area contributed by atoms with Crippen molar-refractivity contribution in [2.24, 2.45) is 0 Å². The fraction of sp³-hybridized carbons (Fsp3) is 0.455. The molecule has 76 valence electrons. The van der Waals surface area contributed by atoms with Crippen molar-refractivity contribution in [2.75, 3.05) is 12.3 Å². The van der Waals surface area contributed by atoms with Crippen molar-refractivity contribution in [3.63, 3.8) is 0 Å². The van der Waals surface area contributed by atoms with Crippen LogP contribution < -0.4 is 5.73 Å². The molecule has 1 aromatic rings. The zero-order chi connectivity index (χ0) is 9.97. The molecule has 2 unspecified atom stereocenters. The lowest BCUT2D eigenvalue weighted by molar-refractivity contribution is 0.127. The number of rotatable bonds is 2. The molecule has 1 heterocycles. The molecule has 0 saturated carbocycles. The van der Waals surface area contributed by atoms with Gasteiger partial charge in [0.15, 0.2) is 0 Å². The molecule has 3 heteroatoms. The fourth-order valence-electron chi connectivity index (χ4n) is 1.63. The Hall–Kier alpha value is -0.670. The highest BCUT2D eigenvalue weighted by molar-refractivity contribution is 8.00. The van der Waals surface area contributed by atoms with Crippen LogP contribution in [0.5, 0.6) is 0 Å². The maximum Gasteiger partial charge on any atom is 0.0669 e. The summed E-state index contributed by atoms with van der Waals surface area (Å²) >= 11 is 1.87. The van der Waals surface area contributed by atoms with E-state index in [2.05, 4.69) is 13.0 Å². The first-order valence-corrected chi connectivity index (χ1v) is 5.77. The van der Waals surface area contributed by atoms with E-state index in [0.29, 0.717) is 11.4 Å². The molecule has 1 fully saturated rings. The van der Waals surface area contributed by atoms with Crippen LogP contribution in [0.15, 0.2) is 29.2 Å². The van der Waals surface area contributed by atoms with E-state index >= 15 is 0 Å². The molecule has 0 bridgehead atoms. The Kier molecular flexibility index (Phi) is 2.99. The number of nitrogens with two attached hydrogens (primary N) is 1. The summed E-state index contributed by atoms with van der Waals surface area (Å²) in [5.74, 6) is 0. The van der Waals surface area contributed by atoms with Gasteiger partial charge in [0.1, 0.15) is 0 Å². The second-order valence-electron chi connectivity index (χ2n) is 3.59. The Morgan fingerprint density at radius 1 is 1.50 bits per heavy atom. The summed E-state index contributed by atoms with van der Waals surface area (Å²) in [7, 11) is 0. The summed E-state index contributed by atoms with van der Waals surface area (Å²) < 4.78 is 5.52. The molecule has 1 aliphatic heterocycles. The van der Waals surface area contributed by atoms with Crippen molar-refractivity contribution in [2.45, 2.75) is 29.6 Å². The minimum atomic E-state index is 0.362. The van der Waals surface area contributed by atoms with Crippen LogP contribution in [-0.4, -0.2) is 18.0 Å². The van der Waals surface area contributed by atoms with Crippen LogP contribution in [-0.2, 0) is 4.74 Å². The fourth-order valence-corrected chi connectivity index (χ4v) is 2.82. The Balaban J connectivity index is 2.03. The summed E-state index contributed by atoms with van der Waals surface area (Å²) in [5, 5.41) is 0.580. The van der Waals surface area contributed by atoms with Crippen LogP contribution in [0.4, 0.5) is 5.69 Å². The van der Waals surface area contributed by atoms with E-state index in [4.69, 9.17) is 10.5 Å². The van der Waals surface area contributed by atoms with Crippen LogP contribution in [0.2, 0.25) is 0 Å². The smallest absolute Gasteiger partial charge is 0.0669 e. The SMILES string of the molecule is CC1OCCC1Sc1cccc(N)c1. The largest absolute Gasteiger partial charge is 0.399 e. The Bertz CT molecular complexity index is 316. The lowest BCUT2D eigenvalue weighted by atomic mass is 10.3. The number of ether oxygens (including phenoxy) is 1. The third-order valence-electron chi connectivity index (χ3n) is 2.45. The van der Waals surface area contributed by atoms with Gasteiger partial charge in [-0.3, -0.25) is 0 Å². The lowest BCUT2D eigenvalue weighted by Gasteiger charge is -2.13. The van der Waals surface area contributed by atoms with Crippen LogP contribution in [0, 0.1) is 0 Å². The highest BCUT2D eigenvalue weighted by Crippen LogP contribution is 2.32. The maximum absolute atomic E-state index is 5.72. The molecule has 0 aliphatic carbocycles. The highest BCUT2D eigenvalue weighted by atomic mass is 32.2. The molecule has 14 heavy (non-hydrogen) atoms. The third kappa shape index (κ3) is 2.22. The molecule has 1 aromatic carbocycles. The highest BCUT2D eigenvalue weighted by Gasteiger charge is 2.24. The molecule has 0 aromatic heterocycles. The first kappa shape index (κ1) is 9.87. The number of nitrogen functional groups attached to an aromatic ring is 1. The van der Waals surface area contributed by atoms with Crippen LogP contribution in [0.1, 0.15) is 13.3 Å². The lowest BCUT2D eigenvalue weighted by Crippen LogP contribution is -2.12. The van der Waals surface area contributed by atoms with Crippen LogP contribution in [0.25, 0.3) is 0 Å². The Morgan fingerprint density at radius 2 is 2.36 bits per heavy atom. The zero-order valence-corrected chi connectivity index (χ0v) is 9.09. The third-order valence-corrected chi connectivity index (χ3v) is 3.90. The van der Waals surface area contributed by atoms with Crippen molar-refractivity contribution >= 4 is 17.4 Å². The van der Waals surface area contributed by atoms with Crippen molar-refractivity contribution in [1.29, 1.82) is 0 Å². The Labute approximate surface area is 88.8 Å². The molecule has 1 aliphatic rings. The number of hydrogen-bond acceptors (Lipinski definition) is 3. The van der Waals surface area contributed by atoms with Gasteiger partial charge in [-0.15, -0.1) is 11.8 Å². The predicted octanol–water partition coefficient (Wildman–Crippen LogP) is 2.54. The molecular weight excluding hydrogens is 194 g/mol. The average molecular weight is 209 g/mol. The van der Waals surface area contributed by atoms with Gasteiger partial charge in [0.05, 0.1) is 6.10 Å². The normalized spacial score (nSPS) is 26.6. The molecule has 0 radical (unpaired) electrons. The minimum Gasteiger partial charge on any atom is -0.399 e. The predicted molar refractivity (Wildman–Crippen MR) is 60.5 cm³/mol. The van der Waals surface area contributed by atoms with Crippen molar-refractivity contribution < 1.29 is 4.74 Å². The van der Waals surface area contributed by atoms with Gasteiger partial charge in [-0.1, -0.05) is 6.07 Å². The topological polar surface area (TPSA) is 35.2 Å². The van der Waals surface area contributed by atoms with Gasteiger partial charge >= 0.3 is 0 Å². The van der Waals surface area contributed by atoms with Gasteiger partial charge in [-0.2, -0.15) is 0 Å². The van der Waals surface area contributed by atoms with Gasteiger partial charge in [0.2, 0.25) is 0 Å². The van der Waals surface area contributed by atoms with Crippen molar-refractivity contribution in [1.82, 2.24) is 0 Å². The van der Waals surface area contributed by atoms with E-state index in [1.807, 2.05) is 30.0 Å². The summed E-state index contributed by atoms with van der Waals surface area (Å²) in [6, 6.07) is 8.04. The van der Waals surface area contributed by atoms with E-state index in [1.54, 1.807) is 0 Å². The Morgan fingerprint density at radius 3 is 3.00 bits per heavy atom. The average Bonchev–Trinajstić information content (AvgIpc) is 2.52. The molecule has 2 nitrogen and oxygen atoms in total. The molecule has 2 atom stereocenters. The minimum absolute atomic E-state index is 0.362. The van der Waals surface area contributed by atoms with Crippen molar-refractivity contribution in [3.05, 3.63) is 24.3 Å².